The van der Waals surface area contributed by atoms with Crippen molar-refractivity contribution in [1.82, 2.24) is 9.80 Å². The molecule has 0 unspecified atom stereocenters. The van der Waals surface area contributed by atoms with E-state index >= 15 is 0 Å². The molecule has 3 rings (SSSR count). The van der Waals surface area contributed by atoms with Gasteiger partial charge in [-0.15, -0.1) is 0 Å². The highest BCUT2D eigenvalue weighted by molar-refractivity contribution is 5.98. The summed E-state index contributed by atoms with van der Waals surface area (Å²) in [6, 6.07) is 2.95. The van der Waals surface area contributed by atoms with Crippen LogP contribution in [-0.2, 0) is 9.53 Å². The second kappa shape index (κ2) is 7.66. The van der Waals surface area contributed by atoms with Crippen molar-refractivity contribution in [3.05, 3.63) is 44.0 Å². The Labute approximate surface area is 153 Å². The Balaban J connectivity index is 1.69. The van der Waals surface area contributed by atoms with Crippen LogP contribution >= 0.6 is 0 Å². The maximum atomic E-state index is 12.7. The van der Waals surface area contributed by atoms with Gasteiger partial charge in [-0.2, -0.15) is 0 Å². The lowest BCUT2D eigenvalue weighted by Crippen LogP contribution is -2.52. The standard InChI is InChI=1S/C16H18N4O7/c21-15(12-4-3-11(19(23)24)10-13(12)20(25)26)17-5-7-18(8-6-17)16(22)14-2-1-9-27-14/h3-4,10,14H,1-2,5-9H2/t14-/m1/s1. The van der Waals surface area contributed by atoms with E-state index in [4.69, 9.17) is 4.74 Å². The van der Waals surface area contributed by atoms with E-state index in [1.54, 1.807) is 4.90 Å². The fourth-order valence-corrected chi connectivity index (χ4v) is 3.24. The molecule has 2 amide bonds. The van der Waals surface area contributed by atoms with Crippen molar-refractivity contribution < 1.29 is 24.2 Å². The third kappa shape index (κ3) is 3.87. The molecule has 11 heteroatoms. The Morgan fingerprint density at radius 2 is 1.70 bits per heavy atom. The van der Waals surface area contributed by atoms with Crippen molar-refractivity contribution in [3.63, 3.8) is 0 Å². The van der Waals surface area contributed by atoms with Crippen molar-refractivity contribution in [2.24, 2.45) is 0 Å². The Kier molecular flexibility index (Phi) is 5.31. The Bertz CT molecular complexity index is 783. The van der Waals surface area contributed by atoms with Gasteiger partial charge in [-0.3, -0.25) is 29.8 Å². The second-order valence-corrected chi connectivity index (χ2v) is 6.33. The molecular weight excluding hydrogens is 360 g/mol. The number of nitrogens with zero attached hydrogens (tertiary/aromatic N) is 4. The van der Waals surface area contributed by atoms with Crippen molar-refractivity contribution in [2.75, 3.05) is 32.8 Å². The van der Waals surface area contributed by atoms with Gasteiger partial charge in [-0.25, -0.2) is 0 Å². The third-order valence-corrected chi connectivity index (χ3v) is 4.70. The van der Waals surface area contributed by atoms with Crippen LogP contribution in [0.3, 0.4) is 0 Å². The first kappa shape index (κ1) is 18.7. The molecule has 2 saturated heterocycles. The normalized spacial score (nSPS) is 19.8. The zero-order valence-electron chi connectivity index (χ0n) is 14.4. The third-order valence-electron chi connectivity index (χ3n) is 4.70. The number of piperazine rings is 1. The molecule has 2 fully saturated rings. The fourth-order valence-electron chi connectivity index (χ4n) is 3.24. The maximum absolute atomic E-state index is 12.7. The summed E-state index contributed by atoms with van der Waals surface area (Å²) in [5, 5.41) is 22.0. The molecule has 0 spiro atoms. The van der Waals surface area contributed by atoms with E-state index in [1.165, 1.54) is 4.90 Å². The van der Waals surface area contributed by atoms with Gasteiger partial charge in [0.15, 0.2) is 0 Å². The fraction of sp³-hybridized carbons (Fsp3) is 0.500. The summed E-state index contributed by atoms with van der Waals surface area (Å²) < 4.78 is 5.38. The number of non-ortho nitro benzene ring substituents is 1. The minimum atomic E-state index is -0.808. The highest BCUT2D eigenvalue weighted by Crippen LogP contribution is 2.26. The summed E-state index contributed by atoms with van der Waals surface area (Å²) in [5.74, 6) is -0.679. The van der Waals surface area contributed by atoms with Crippen LogP contribution in [-0.4, -0.2) is 70.4 Å². The lowest BCUT2D eigenvalue weighted by molar-refractivity contribution is -0.394. The minimum Gasteiger partial charge on any atom is -0.368 e. The number of ether oxygens (including phenoxy) is 1. The van der Waals surface area contributed by atoms with Gasteiger partial charge in [0.1, 0.15) is 11.7 Å². The van der Waals surface area contributed by atoms with Gasteiger partial charge < -0.3 is 14.5 Å². The number of hydrogen-bond donors (Lipinski definition) is 0. The molecule has 0 radical (unpaired) electrons. The van der Waals surface area contributed by atoms with Gasteiger partial charge >= 0.3 is 0 Å². The first-order valence-electron chi connectivity index (χ1n) is 8.51. The van der Waals surface area contributed by atoms with Crippen LogP contribution in [0.4, 0.5) is 11.4 Å². The molecule has 0 N–H and O–H groups in total. The average molecular weight is 378 g/mol. The summed E-state index contributed by atoms with van der Waals surface area (Å²) in [6.45, 7) is 1.64. The summed E-state index contributed by atoms with van der Waals surface area (Å²) in [5.41, 5.74) is -1.26. The summed E-state index contributed by atoms with van der Waals surface area (Å²) >= 11 is 0. The minimum absolute atomic E-state index is 0.0964. The maximum Gasteiger partial charge on any atom is 0.289 e. The molecule has 0 aromatic heterocycles. The number of carbonyl (C=O) groups excluding carboxylic acids is 2. The van der Waals surface area contributed by atoms with E-state index in [0.717, 1.165) is 24.6 Å². The largest absolute Gasteiger partial charge is 0.368 e. The van der Waals surface area contributed by atoms with E-state index in [-0.39, 0.29) is 24.6 Å². The zero-order valence-corrected chi connectivity index (χ0v) is 14.4. The summed E-state index contributed by atoms with van der Waals surface area (Å²) in [6.07, 6.45) is 1.11. The molecule has 0 bridgehead atoms. The van der Waals surface area contributed by atoms with E-state index in [2.05, 4.69) is 0 Å². The lowest BCUT2D eigenvalue weighted by atomic mass is 10.1. The number of carbonyl (C=O) groups is 2. The van der Waals surface area contributed by atoms with Gasteiger partial charge in [0.25, 0.3) is 23.2 Å². The van der Waals surface area contributed by atoms with E-state index < -0.39 is 33.2 Å². The highest BCUT2D eigenvalue weighted by atomic mass is 16.6. The highest BCUT2D eigenvalue weighted by Gasteiger charge is 2.33. The first-order valence-corrected chi connectivity index (χ1v) is 8.51. The molecule has 1 aromatic carbocycles. The summed E-state index contributed by atoms with van der Waals surface area (Å²) in [4.78, 5) is 48.5. The van der Waals surface area contributed by atoms with Crippen LogP contribution in [0.25, 0.3) is 0 Å². The van der Waals surface area contributed by atoms with Crippen molar-refractivity contribution in [3.8, 4) is 0 Å². The zero-order chi connectivity index (χ0) is 19.6. The topological polar surface area (TPSA) is 136 Å². The molecule has 2 aliphatic heterocycles. The van der Waals surface area contributed by atoms with Crippen LogP contribution in [0.5, 0.6) is 0 Å². The number of nitro groups is 2. The van der Waals surface area contributed by atoms with Crippen molar-refractivity contribution >= 4 is 23.2 Å². The summed E-state index contributed by atoms with van der Waals surface area (Å²) in [7, 11) is 0. The Hall–Kier alpha value is -3.08. The molecule has 0 saturated carbocycles. The van der Waals surface area contributed by atoms with E-state index in [1.807, 2.05) is 0 Å². The number of hydrogen-bond acceptors (Lipinski definition) is 7. The van der Waals surface area contributed by atoms with Gasteiger partial charge in [-0.1, -0.05) is 0 Å². The Morgan fingerprint density at radius 3 is 2.26 bits per heavy atom. The quantitative estimate of drug-likeness (QED) is 0.562. The van der Waals surface area contributed by atoms with Crippen LogP contribution in [0, 0.1) is 20.2 Å². The predicted molar refractivity (Wildman–Crippen MR) is 91.2 cm³/mol. The monoisotopic (exact) mass is 378 g/mol. The molecule has 11 nitrogen and oxygen atoms in total. The number of amides is 2. The lowest BCUT2D eigenvalue weighted by Gasteiger charge is -2.35. The van der Waals surface area contributed by atoms with Crippen molar-refractivity contribution in [2.45, 2.75) is 18.9 Å². The average Bonchev–Trinajstić information content (AvgIpc) is 3.21. The van der Waals surface area contributed by atoms with E-state index in [0.29, 0.717) is 26.1 Å². The van der Waals surface area contributed by atoms with Crippen LogP contribution in [0.15, 0.2) is 18.2 Å². The molecule has 1 aromatic rings. The molecule has 2 heterocycles. The molecular formula is C16H18N4O7. The van der Waals surface area contributed by atoms with Gasteiger partial charge in [0, 0.05) is 38.9 Å². The SMILES string of the molecule is O=C(c1ccc([N+](=O)[O-])cc1[N+](=O)[O-])N1CCN(C(=O)[C@H]2CCCO2)CC1. The van der Waals surface area contributed by atoms with Gasteiger partial charge in [0.05, 0.1) is 15.9 Å². The second-order valence-electron chi connectivity index (χ2n) is 6.33. The molecule has 0 aliphatic carbocycles. The predicted octanol–water partition coefficient (Wildman–Crippen LogP) is 0.966. The van der Waals surface area contributed by atoms with E-state index in [9.17, 15) is 29.8 Å². The number of rotatable bonds is 4. The van der Waals surface area contributed by atoms with Gasteiger partial charge in [-0.05, 0) is 18.9 Å². The molecule has 27 heavy (non-hydrogen) atoms. The number of benzene rings is 1. The van der Waals surface area contributed by atoms with Gasteiger partial charge in [0.2, 0.25) is 0 Å². The number of nitro benzene ring substituents is 2. The molecule has 1 atom stereocenters. The van der Waals surface area contributed by atoms with Crippen LogP contribution < -0.4 is 0 Å². The molecule has 2 aliphatic rings. The molecule has 144 valence electrons. The van der Waals surface area contributed by atoms with Crippen LogP contribution in [0.2, 0.25) is 0 Å². The van der Waals surface area contributed by atoms with Crippen molar-refractivity contribution in [1.29, 1.82) is 0 Å². The smallest absolute Gasteiger partial charge is 0.289 e. The van der Waals surface area contributed by atoms with Crippen LogP contribution in [0.1, 0.15) is 23.2 Å². The first-order chi connectivity index (χ1) is 12.9. The Morgan fingerprint density at radius 1 is 1.04 bits per heavy atom.